The van der Waals surface area contributed by atoms with Gasteiger partial charge in [0.15, 0.2) is 6.61 Å². The van der Waals surface area contributed by atoms with Crippen molar-refractivity contribution in [3.8, 4) is 30.4 Å². The smallest absolute Gasteiger partial charge is 0.328 e. The fraction of sp³-hybridized carbons (Fsp3) is 0.293. The number of aromatic nitrogens is 3. The number of hydrogen-bond acceptors (Lipinski definition) is 11. The van der Waals surface area contributed by atoms with E-state index in [-0.39, 0.29) is 44.5 Å². The average molecular weight is 704 g/mol. The fourth-order valence-electron chi connectivity index (χ4n) is 5.58. The Labute approximate surface area is 303 Å². The summed E-state index contributed by atoms with van der Waals surface area (Å²) in [4.78, 5) is 12.8. The molecule has 5 aromatic rings. The quantitative estimate of drug-likeness (QED) is 0.101. The third kappa shape index (κ3) is 10.6. The summed E-state index contributed by atoms with van der Waals surface area (Å²) < 4.78 is 50.3. The van der Waals surface area contributed by atoms with Gasteiger partial charge in [0, 0.05) is 0 Å². The highest BCUT2D eigenvalue weighted by atomic mass is 16.7. The van der Waals surface area contributed by atoms with Crippen LogP contribution in [0.25, 0.3) is 0 Å². The van der Waals surface area contributed by atoms with Gasteiger partial charge < -0.3 is 37.9 Å². The Morgan fingerprint density at radius 2 is 1.04 bits per heavy atom. The van der Waals surface area contributed by atoms with Crippen LogP contribution in [0.3, 0.4) is 0 Å². The Hall–Kier alpha value is -5.35. The summed E-state index contributed by atoms with van der Waals surface area (Å²) in [7, 11) is 1.43. The maximum absolute atomic E-state index is 6.77. The summed E-state index contributed by atoms with van der Waals surface area (Å²) in [5, 5.41) is 0. The van der Waals surface area contributed by atoms with Crippen LogP contribution in [0.4, 0.5) is 0 Å². The number of ether oxygens (including phenoxy) is 8. The predicted octanol–water partition coefficient (Wildman–Crippen LogP) is 5.97. The fourth-order valence-corrected chi connectivity index (χ4v) is 5.58. The van der Waals surface area contributed by atoms with Gasteiger partial charge in [0.1, 0.15) is 24.4 Å². The number of benzene rings is 4. The van der Waals surface area contributed by atoms with E-state index in [4.69, 9.17) is 44.3 Å². The molecule has 1 aliphatic rings. The minimum Gasteiger partial charge on any atom is -0.467 e. The molecule has 5 atom stereocenters. The molecule has 1 fully saturated rings. The van der Waals surface area contributed by atoms with Crippen LogP contribution in [0.2, 0.25) is 0 Å². The van der Waals surface area contributed by atoms with E-state index < -0.39 is 30.7 Å². The minimum absolute atomic E-state index is 0.0294. The van der Waals surface area contributed by atoms with Crippen LogP contribution in [0.5, 0.6) is 18.0 Å². The van der Waals surface area contributed by atoms with E-state index in [1.54, 1.807) is 0 Å². The molecule has 2 heterocycles. The molecule has 268 valence electrons. The lowest BCUT2D eigenvalue weighted by Crippen LogP contribution is -2.62. The molecule has 1 aromatic heterocycles. The summed E-state index contributed by atoms with van der Waals surface area (Å²) in [5.41, 5.74) is 3.94. The molecule has 0 amide bonds. The van der Waals surface area contributed by atoms with Crippen molar-refractivity contribution in [2.45, 2.75) is 57.1 Å². The van der Waals surface area contributed by atoms with Crippen molar-refractivity contribution in [2.24, 2.45) is 0 Å². The summed E-state index contributed by atoms with van der Waals surface area (Å²) in [6, 6.07) is 39.3. The number of rotatable bonds is 18. The van der Waals surface area contributed by atoms with Gasteiger partial charge in [-0.3, -0.25) is 0 Å². The summed E-state index contributed by atoms with van der Waals surface area (Å²) in [6.07, 6.45) is 1.43. The van der Waals surface area contributed by atoms with Crippen LogP contribution < -0.4 is 14.2 Å². The molecule has 1 saturated heterocycles. The van der Waals surface area contributed by atoms with Crippen molar-refractivity contribution in [1.82, 2.24) is 15.0 Å². The van der Waals surface area contributed by atoms with E-state index >= 15 is 0 Å². The van der Waals surface area contributed by atoms with Gasteiger partial charge in [-0.1, -0.05) is 127 Å². The van der Waals surface area contributed by atoms with Gasteiger partial charge in [0.25, 0.3) is 0 Å². The van der Waals surface area contributed by atoms with Crippen LogP contribution in [-0.4, -0.2) is 66.0 Å². The molecule has 0 saturated carbocycles. The molecule has 0 bridgehead atoms. The summed E-state index contributed by atoms with van der Waals surface area (Å²) in [5.74, 6) is 2.40. The minimum atomic E-state index is -1.10. The Balaban J connectivity index is 1.35. The van der Waals surface area contributed by atoms with Crippen LogP contribution >= 0.6 is 0 Å². The molecule has 0 radical (unpaired) electrons. The van der Waals surface area contributed by atoms with Crippen molar-refractivity contribution in [3.63, 3.8) is 0 Å². The molecule has 1 unspecified atom stereocenters. The van der Waals surface area contributed by atoms with Gasteiger partial charge in [-0.05, 0) is 22.3 Å². The average Bonchev–Trinajstić information content (AvgIpc) is 3.20. The second-order valence-electron chi connectivity index (χ2n) is 11.8. The van der Waals surface area contributed by atoms with Gasteiger partial charge in [-0.25, -0.2) is 0 Å². The molecular weight excluding hydrogens is 662 g/mol. The van der Waals surface area contributed by atoms with Crippen molar-refractivity contribution >= 4 is 0 Å². The topological polar surface area (TPSA) is 113 Å². The Morgan fingerprint density at radius 1 is 0.577 bits per heavy atom. The number of terminal acetylenes is 1. The predicted molar refractivity (Wildman–Crippen MR) is 191 cm³/mol. The first-order valence-electron chi connectivity index (χ1n) is 16.9. The van der Waals surface area contributed by atoms with Crippen LogP contribution in [0.15, 0.2) is 121 Å². The lowest BCUT2D eigenvalue weighted by Gasteiger charge is -2.45. The third-order valence-electron chi connectivity index (χ3n) is 8.10. The van der Waals surface area contributed by atoms with E-state index in [0.29, 0.717) is 13.2 Å². The molecule has 4 aromatic carbocycles. The first kappa shape index (κ1) is 36.4. The maximum Gasteiger partial charge on any atom is 0.328 e. The second-order valence-corrected chi connectivity index (χ2v) is 11.8. The van der Waals surface area contributed by atoms with Gasteiger partial charge in [0.05, 0.1) is 40.1 Å². The normalized spacial score (nSPS) is 19.7. The number of hydrogen-bond donors (Lipinski definition) is 0. The first-order chi connectivity index (χ1) is 25.7. The first-order valence-corrected chi connectivity index (χ1v) is 16.9. The van der Waals surface area contributed by atoms with E-state index in [0.717, 1.165) is 22.3 Å². The van der Waals surface area contributed by atoms with Gasteiger partial charge >= 0.3 is 18.0 Å². The highest BCUT2D eigenvalue weighted by Gasteiger charge is 2.50. The zero-order chi connectivity index (χ0) is 35.8. The molecule has 11 nitrogen and oxygen atoms in total. The van der Waals surface area contributed by atoms with Crippen molar-refractivity contribution in [2.75, 3.05) is 20.3 Å². The maximum atomic E-state index is 6.77. The standard InChI is InChI=1S/C41H41N3O8/c1-3-24-47-40-42-39(45-2)43-41(44-40)52-38-37(50-28-33-22-14-7-15-23-33)36(49-27-32-20-12-6-13-21-32)35(48-26-31-18-10-5-11-19-31)34(51-38)29-46-25-30-16-8-4-9-17-30/h1,4-23,34-38H,24-29H2,2H3/t34-,35-,36+,37-,38?/m1/s1. The number of nitrogens with zero attached hydrogens (tertiary/aromatic N) is 3. The number of methoxy groups -OCH3 is 1. The van der Waals surface area contributed by atoms with Gasteiger partial charge in [0.2, 0.25) is 6.29 Å². The molecule has 0 aliphatic carbocycles. The molecular formula is C41H41N3O8. The zero-order valence-corrected chi connectivity index (χ0v) is 28.9. The molecule has 52 heavy (non-hydrogen) atoms. The summed E-state index contributed by atoms with van der Waals surface area (Å²) >= 11 is 0. The van der Waals surface area contributed by atoms with Crippen molar-refractivity contribution < 1.29 is 37.9 Å². The molecule has 11 heteroatoms. The summed E-state index contributed by atoms with van der Waals surface area (Å²) in [6.45, 7) is 1.26. The van der Waals surface area contributed by atoms with E-state index in [9.17, 15) is 0 Å². The van der Waals surface area contributed by atoms with Crippen LogP contribution in [0, 0.1) is 12.3 Å². The SMILES string of the molecule is C#CCOc1nc(OC)nc(OC2O[C@H](COCc3ccccc3)[C@@H](OCc3ccccc3)[C@H](OCc3ccccc3)[C@H]2OCc2ccccc2)n1. The van der Waals surface area contributed by atoms with Crippen molar-refractivity contribution in [3.05, 3.63) is 144 Å². The largest absolute Gasteiger partial charge is 0.467 e. The lowest BCUT2D eigenvalue weighted by atomic mass is 9.97. The van der Waals surface area contributed by atoms with Crippen molar-refractivity contribution in [1.29, 1.82) is 0 Å². The highest BCUT2D eigenvalue weighted by molar-refractivity contribution is 5.17. The van der Waals surface area contributed by atoms with Gasteiger partial charge in [-0.2, -0.15) is 0 Å². The molecule has 1 aliphatic heterocycles. The molecule has 6 rings (SSSR count). The van der Waals surface area contributed by atoms with E-state index in [1.807, 2.05) is 121 Å². The van der Waals surface area contributed by atoms with Crippen LogP contribution in [-0.2, 0) is 50.1 Å². The highest BCUT2D eigenvalue weighted by Crippen LogP contribution is 2.32. The second kappa shape index (κ2) is 19.3. The van der Waals surface area contributed by atoms with E-state index in [2.05, 4.69) is 20.9 Å². The zero-order valence-electron chi connectivity index (χ0n) is 28.9. The Morgan fingerprint density at radius 3 is 1.56 bits per heavy atom. The van der Waals surface area contributed by atoms with E-state index in [1.165, 1.54) is 7.11 Å². The Kier molecular flexibility index (Phi) is 13.5. The lowest BCUT2D eigenvalue weighted by molar-refractivity contribution is -0.311. The molecule has 0 spiro atoms. The Bertz CT molecular complexity index is 1810. The van der Waals surface area contributed by atoms with Crippen LogP contribution in [0.1, 0.15) is 22.3 Å². The third-order valence-corrected chi connectivity index (χ3v) is 8.10. The van der Waals surface area contributed by atoms with Gasteiger partial charge in [-0.15, -0.1) is 21.4 Å². The molecule has 0 N–H and O–H groups in total. The monoisotopic (exact) mass is 703 g/mol.